The SMILES string of the molecule is Cc1ccc2c(c1F)C(=O)CC(C(C)CC1(C#Cc3ccc(-c4nc(-c5cccnc5)ccc4O)cc3)NC(=O)NC1=O)C2. The van der Waals surface area contributed by atoms with Crippen molar-refractivity contribution in [3.8, 4) is 40.1 Å². The first kappa shape index (κ1) is 28.7. The maximum absolute atomic E-state index is 14.7. The summed E-state index contributed by atoms with van der Waals surface area (Å²) in [5.41, 5.74) is 2.90. The fourth-order valence-corrected chi connectivity index (χ4v) is 5.94. The van der Waals surface area contributed by atoms with Gasteiger partial charge in [-0.05, 0) is 79.1 Å². The Morgan fingerprint density at radius 1 is 1.05 bits per heavy atom. The monoisotopic (exact) mass is 588 g/mol. The number of imide groups is 1. The summed E-state index contributed by atoms with van der Waals surface area (Å²) in [6, 6.07) is 16.9. The Morgan fingerprint density at radius 3 is 2.55 bits per heavy atom. The summed E-state index contributed by atoms with van der Waals surface area (Å²) in [4.78, 5) is 47.0. The van der Waals surface area contributed by atoms with E-state index in [1.54, 1.807) is 67.8 Å². The van der Waals surface area contributed by atoms with Gasteiger partial charge in [-0.3, -0.25) is 19.9 Å². The molecule has 0 radical (unpaired) electrons. The molecular weight excluding hydrogens is 559 g/mol. The van der Waals surface area contributed by atoms with Crippen LogP contribution in [-0.2, 0) is 11.2 Å². The summed E-state index contributed by atoms with van der Waals surface area (Å²) in [6.45, 7) is 3.56. The normalized spacial score (nSPS) is 19.8. The standard InChI is InChI=1S/C35H29FN4O4/c1-20-5-8-24-16-26(17-29(42)30(24)31(20)36)21(2)18-35(33(43)39-34(44)40-35)14-13-22-6-9-23(10-7-22)32-28(41)12-11-27(38-32)25-4-3-15-37-19-25/h3-12,15,19,21,26,41H,16-18H2,1-2H3,(H2,39,40,43,44). The molecule has 2 aromatic heterocycles. The molecule has 3 unspecified atom stereocenters. The summed E-state index contributed by atoms with van der Waals surface area (Å²) in [5.74, 6) is 4.42. The Kier molecular flexibility index (Phi) is 7.43. The van der Waals surface area contributed by atoms with Gasteiger partial charge in [-0.2, -0.15) is 0 Å². The molecule has 9 heteroatoms. The van der Waals surface area contributed by atoms with Gasteiger partial charge in [-0.25, -0.2) is 14.2 Å². The van der Waals surface area contributed by atoms with Crippen molar-refractivity contribution in [2.24, 2.45) is 11.8 Å². The third kappa shape index (κ3) is 5.42. The number of aryl methyl sites for hydroxylation is 1. The zero-order valence-corrected chi connectivity index (χ0v) is 24.1. The number of aromatic hydroxyl groups is 1. The molecular formula is C35H29FN4O4. The average molecular weight is 589 g/mol. The number of nitrogens with one attached hydrogen (secondary N) is 2. The predicted octanol–water partition coefficient (Wildman–Crippen LogP) is 5.36. The molecule has 1 fully saturated rings. The maximum atomic E-state index is 14.7. The summed E-state index contributed by atoms with van der Waals surface area (Å²) < 4.78 is 14.7. The number of rotatable bonds is 5. The lowest BCUT2D eigenvalue weighted by atomic mass is 9.72. The van der Waals surface area contributed by atoms with E-state index in [1.807, 2.05) is 19.1 Å². The van der Waals surface area contributed by atoms with Gasteiger partial charge in [0.15, 0.2) is 11.3 Å². The van der Waals surface area contributed by atoms with Crippen LogP contribution in [0.4, 0.5) is 9.18 Å². The van der Waals surface area contributed by atoms with Crippen molar-refractivity contribution in [3.63, 3.8) is 0 Å². The van der Waals surface area contributed by atoms with Gasteiger partial charge in [0.2, 0.25) is 0 Å². The molecule has 8 nitrogen and oxygen atoms in total. The van der Waals surface area contributed by atoms with E-state index in [1.165, 1.54) is 0 Å². The number of amides is 3. The molecule has 2 aliphatic rings. The van der Waals surface area contributed by atoms with Crippen molar-refractivity contribution in [2.75, 3.05) is 0 Å². The number of hydrogen-bond donors (Lipinski definition) is 3. The fraction of sp³-hybridized carbons (Fsp3) is 0.229. The Morgan fingerprint density at radius 2 is 1.84 bits per heavy atom. The van der Waals surface area contributed by atoms with Gasteiger partial charge >= 0.3 is 6.03 Å². The summed E-state index contributed by atoms with van der Waals surface area (Å²) in [7, 11) is 0. The van der Waals surface area contributed by atoms with Crippen LogP contribution in [0.25, 0.3) is 22.5 Å². The van der Waals surface area contributed by atoms with E-state index in [0.717, 1.165) is 5.56 Å². The topological polar surface area (TPSA) is 121 Å². The number of benzene rings is 2. The van der Waals surface area contributed by atoms with E-state index < -0.39 is 23.3 Å². The maximum Gasteiger partial charge on any atom is 0.323 e. The number of halogens is 1. The zero-order valence-electron chi connectivity index (χ0n) is 24.1. The number of Topliss-reactive ketones (excluding diaryl/α,β-unsaturated/α-hetero) is 1. The van der Waals surface area contributed by atoms with Crippen molar-refractivity contribution in [1.82, 2.24) is 20.6 Å². The number of nitrogens with zero attached hydrogens (tertiary/aromatic N) is 2. The summed E-state index contributed by atoms with van der Waals surface area (Å²) >= 11 is 0. The fourth-order valence-electron chi connectivity index (χ4n) is 5.94. The van der Waals surface area contributed by atoms with Crippen LogP contribution in [0.1, 0.15) is 46.8 Å². The number of carbonyl (C=O) groups is 3. The number of urea groups is 1. The number of aromatic nitrogens is 2. The highest BCUT2D eigenvalue weighted by atomic mass is 19.1. The Balaban J connectivity index is 1.24. The highest BCUT2D eigenvalue weighted by Crippen LogP contribution is 2.36. The van der Waals surface area contributed by atoms with Gasteiger partial charge in [0.05, 0.1) is 11.3 Å². The minimum atomic E-state index is -1.49. The molecule has 0 spiro atoms. The first-order valence-corrected chi connectivity index (χ1v) is 14.3. The minimum Gasteiger partial charge on any atom is -0.506 e. The molecule has 3 amide bonds. The Labute approximate surface area is 253 Å². The highest BCUT2D eigenvalue weighted by Gasteiger charge is 2.47. The predicted molar refractivity (Wildman–Crippen MR) is 162 cm³/mol. The lowest BCUT2D eigenvalue weighted by molar-refractivity contribution is -0.122. The van der Waals surface area contributed by atoms with Crippen LogP contribution in [0, 0.1) is 36.4 Å². The molecule has 220 valence electrons. The number of carbonyl (C=O) groups excluding carboxylic acids is 3. The van der Waals surface area contributed by atoms with Gasteiger partial charge in [-0.15, -0.1) is 0 Å². The zero-order chi connectivity index (χ0) is 31.0. The number of ketones is 1. The van der Waals surface area contributed by atoms with E-state index in [4.69, 9.17) is 0 Å². The summed E-state index contributed by atoms with van der Waals surface area (Å²) in [5, 5.41) is 15.5. The first-order valence-electron chi connectivity index (χ1n) is 14.3. The van der Waals surface area contributed by atoms with Crippen molar-refractivity contribution in [2.45, 2.75) is 38.6 Å². The Hall–Kier alpha value is -5.36. The third-order valence-corrected chi connectivity index (χ3v) is 8.41. The number of fused-ring (bicyclic) bond motifs is 1. The second kappa shape index (κ2) is 11.4. The third-order valence-electron chi connectivity index (χ3n) is 8.41. The van der Waals surface area contributed by atoms with Gasteiger partial charge in [-0.1, -0.05) is 43.0 Å². The molecule has 3 atom stereocenters. The molecule has 3 N–H and O–H groups in total. The first-order chi connectivity index (χ1) is 21.1. The van der Waals surface area contributed by atoms with Crippen LogP contribution in [0.2, 0.25) is 0 Å². The quantitative estimate of drug-likeness (QED) is 0.213. The second-order valence-corrected chi connectivity index (χ2v) is 11.5. The van der Waals surface area contributed by atoms with Crippen molar-refractivity contribution >= 4 is 17.7 Å². The number of pyridine rings is 2. The smallest absolute Gasteiger partial charge is 0.323 e. The summed E-state index contributed by atoms with van der Waals surface area (Å²) in [6.07, 6.45) is 4.19. The van der Waals surface area contributed by atoms with E-state index in [-0.39, 0.29) is 41.8 Å². The van der Waals surface area contributed by atoms with Gasteiger partial charge in [0.25, 0.3) is 5.91 Å². The lowest BCUT2D eigenvalue weighted by Crippen LogP contribution is -2.48. The van der Waals surface area contributed by atoms with Crippen LogP contribution in [0.15, 0.2) is 73.1 Å². The highest BCUT2D eigenvalue weighted by molar-refractivity contribution is 6.09. The van der Waals surface area contributed by atoms with Crippen LogP contribution in [-0.4, -0.2) is 38.3 Å². The molecule has 44 heavy (non-hydrogen) atoms. The van der Waals surface area contributed by atoms with Crippen LogP contribution >= 0.6 is 0 Å². The molecule has 2 aromatic carbocycles. The van der Waals surface area contributed by atoms with Crippen molar-refractivity contribution in [3.05, 3.63) is 101 Å². The van der Waals surface area contributed by atoms with E-state index >= 15 is 0 Å². The Bertz CT molecular complexity index is 1860. The van der Waals surface area contributed by atoms with Gasteiger partial charge in [0.1, 0.15) is 17.3 Å². The van der Waals surface area contributed by atoms with E-state index in [0.29, 0.717) is 40.1 Å². The van der Waals surface area contributed by atoms with E-state index in [9.17, 15) is 23.9 Å². The van der Waals surface area contributed by atoms with E-state index in [2.05, 4.69) is 32.4 Å². The van der Waals surface area contributed by atoms with Crippen LogP contribution < -0.4 is 10.6 Å². The molecule has 0 saturated carbocycles. The molecule has 6 rings (SSSR count). The second-order valence-electron chi connectivity index (χ2n) is 11.5. The molecule has 0 bridgehead atoms. The van der Waals surface area contributed by atoms with Crippen molar-refractivity contribution < 1.29 is 23.9 Å². The largest absolute Gasteiger partial charge is 0.506 e. The average Bonchev–Trinajstić information content (AvgIpc) is 3.30. The molecule has 1 saturated heterocycles. The van der Waals surface area contributed by atoms with Gasteiger partial charge < -0.3 is 10.4 Å². The minimum absolute atomic E-state index is 0.0245. The van der Waals surface area contributed by atoms with Crippen LogP contribution in [0.3, 0.4) is 0 Å². The van der Waals surface area contributed by atoms with Crippen molar-refractivity contribution in [1.29, 1.82) is 0 Å². The van der Waals surface area contributed by atoms with Gasteiger partial charge in [0, 0.05) is 35.5 Å². The molecule has 1 aliphatic carbocycles. The van der Waals surface area contributed by atoms with Crippen LogP contribution in [0.5, 0.6) is 5.75 Å². The molecule has 4 aromatic rings. The molecule has 3 heterocycles. The lowest BCUT2D eigenvalue weighted by Gasteiger charge is -2.32. The number of hydrogen-bond acceptors (Lipinski definition) is 6. The molecule has 1 aliphatic heterocycles.